The minimum Gasteiger partial charge on any atom is -0.330 e. The van der Waals surface area contributed by atoms with Crippen molar-refractivity contribution in [3.05, 3.63) is 59.7 Å². The van der Waals surface area contributed by atoms with E-state index < -0.39 is 0 Å². The van der Waals surface area contributed by atoms with Crippen LogP contribution in [0.3, 0.4) is 0 Å². The van der Waals surface area contributed by atoms with E-state index in [-0.39, 0.29) is 5.41 Å². The van der Waals surface area contributed by atoms with E-state index in [0.29, 0.717) is 5.92 Å². The van der Waals surface area contributed by atoms with E-state index in [9.17, 15) is 0 Å². The third kappa shape index (κ3) is 3.95. The largest absolute Gasteiger partial charge is 0.330 e. The first-order valence-electron chi connectivity index (χ1n) is 7.83. The van der Waals surface area contributed by atoms with Crippen LogP contribution < -0.4 is 5.73 Å². The van der Waals surface area contributed by atoms with Gasteiger partial charge >= 0.3 is 0 Å². The normalized spacial score (nSPS) is 13.2. The van der Waals surface area contributed by atoms with E-state index in [1.807, 2.05) is 0 Å². The molecule has 2 aromatic carbocycles. The Bertz CT molecular complexity index is 558. The molecule has 0 aliphatic rings. The maximum atomic E-state index is 5.64. The fourth-order valence-electron chi connectivity index (χ4n) is 2.58. The summed E-state index contributed by atoms with van der Waals surface area (Å²) >= 11 is 0. The summed E-state index contributed by atoms with van der Waals surface area (Å²) < 4.78 is 0. The van der Waals surface area contributed by atoms with Crippen LogP contribution in [-0.4, -0.2) is 6.54 Å². The Labute approximate surface area is 129 Å². The Morgan fingerprint density at radius 2 is 1.33 bits per heavy atom. The van der Waals surface area contributed by atoms with Crippen molar-refractivity contribution in [1.82, 2.24) is 0 Å². The molecule has 0 aromatic heterocycles. The SMILES string of the molecule is CC(CCN)c1ccc(-c2ccc(C(C)(C)C)cc2)cc1. The summed E-state index contributed by atoms with van der Waals surface area (Å²) in [6.45, 7) is 9.72. The molecule has 1 atom stereocenters. The molecule has 1 unspecified atom stereocenters. The van der Waals surface area contributed by atoms with Gasteiger partial charge in [0.05, 0.1) is 0 Å². The van der Waals surface area contributed by atoms with Gasteiger partial charge in [0.15, 0.2) is 0 Å². The van der Waals surface area contributed by atoms with Gasteiger partial charge in [-0.15, -0.1) is 0 Å². The van der Waals surface area contributed by atoms with E-state index >= 15 is 0 Å². The molecule has 0 saturated heterocycles. The van der Waals surface area contributed by atoms with Gasteiger partial charge < -0.3 is 5.73 Å². The first-order valence-corrected chi connectivity index (χ1v) is 7.83. The molecule has 1 nitrogen and oxygen atoms in total. The predicted molar refractivity (Wildman–Crippen MR) is 92.7 cm³/mol. The lowest BCUT2D eigenvalue weighted by molar-refractivity contribution is 0.590. The number of benzene rings is 2. The molecule has 21 heavy (non-hydrogen) atoms. The lowest BCUT2D eigenvalue weighted by Crippen LogP contribution is -2.10. The fourth-order valence-corrected chi connectivity index (χ4v) is 2.58. The molecular weight excluding hydrogens is 254 g/mol. The zero-order valence-electron chi connectivity index (χ0n) is 13.7. The van der Waals surface area contributed by atoms with Gasteiger partial charge in [-0.2, -0.15) is 0 Å². The summed E-state index contributed by atoms with van der Waals surface area (Å²) in [6.07, 6.45) is 1.04. The number of nitrogens with two attached hydrogens (primary N) is 1. The highest BCUT2D eigenvalue weighted by Gasteiger charge is 2.13. The molecule has 2 rings (SSSR count). The van der Waals surface area contributed by atoms with Gasteiger partial charge in [-0.25, -0.2) is 0 Å². The van der Waals surface area contributed by atoms with Gasteiger partial charge in [0.2, 0.25) is 0 Å². The van der Waals surface area contributed by atoms with E-state index in [1.54, 1.807) is 0 Å². The van der Waals surface area contributed by atoms with Crippen LogP contribution in [0.2, 0.25) is 0 Å². The third-order valence-corrected chi connectivity index (χ3v) is 4.16. The minimum atomic E-state index is 0.208. The summed E-state index contributed by atoms with van der Waals surface area (Å²) in [7, 11) is 0. The molecule has 0 bridgehead atoms. The Morgan fingerprint density at radius 3 is 1.76 bits per heavy atom. The standard InChI is InChI=1S/C20H27N/c1-15(13-14-21)16-5-7-17(8-6-16)18-9-11-19(12-10-18)20(2,3)4/h5-12,15H,13-14,21H2,1-4H3. The van der Waals surface area contributed by atoms with Crippen molar-refractivity contribution in [3.63, 3.8) is 0 Å². The summed E-state index contributed by atoms with van der Waals surface area (Å²) in [4.78, 5) is 0. The zero-order chi connectivity index (χ0) is 15.5. The van der Waals surface area contributed by atoms with Crippen LogP contribution in [0.15, 0.2) is 48.5 Å². The zero-order valence-corrected chi connectivity index (χ0v) is 13.7. The second kappa shape index (κ2) is 6.44. The Balaban J connectivity index is 2.19. The third-order valence-electron chi connectivity index (χ3n) is 4.16. The summed E-state index contributed by atoms with van der Waals surface area (Å²) in [5.74, 6) is 0.535. The van der Waals surface area contributed by atoms with E-state index in [0.717, 1.165) is 13.0 Å². The molecule has 2 N–H and O–H groups in total. The maximum Gasteiger partial charge on any atom is -0.00715 e. The highest BCUT2D eigenvalue weighted by Crippen LogP contribution is 2.27. The molecule has 0 spiro atoms. The van der Waals surface area contributed by atoms with Crippen molar-refractivity contribution in [2.75, 3.05) is 6.54 Å². The molecule has 0 saturated carbocycles. The number of rotatable bonds is 4. The molecule has 0 heterocycles. The smallest absolute Gasteiger partial charge is 0.00715 e. The highest BCUT2D eigenvalue weighted by molar-refractivity contribution is 5.64. The Kier molecular flexibility index (Phi) is 4.84. The van der Waals surface area contributed by atoms with Crippen LogP contribution in [0.25, 0.3) is 11.1 Å². The quantitative estimate of drug-likeness (QED) is 0.828. The molecule has 2 aromatic rings. The Hall–Kier alpha value is -1.60. The second-order valence-corrected chi connectivity index (χ2v) is 6.93. The van der Waals surface area contributed by atoms with Gasteiger partial charge in [-0.3, -0.25) is 0 Å². The van der Waals surface area contributed by atoms with E-state index in [4.69, 9.17) is 5.73 Å². The second-order valence-electron chi connectivity index (χ2n) is 6.93. The average Bonchev–Trinajstić information content (AvgIpc) is 2.47. The first kappa shape index (κ1) is 15.8. The molecule has 1 heteroatoms. The molecule has 0 aliphatic carbocycles. The maximum absolute atomic E-state index is 5.64. The minimum absolute atomic E-state index is 0.208. The molecular formula is C20H27N. The van der Waals surface area contributed by atoms with Crippen LogP contribution in [-0.2, 0) is 5.41 Å². The van der Waals surface area contributed by atoms with Crippen LogP contribution in [0.5, 0.6) is 0 Å². The lowest BCUT2D eigenvalue weighted by Gasteiger charge is -2.19. The summed E-state index contributed by atoms with van der Waals surface area (Å²) in [5.41, 5.74) is 11.1. The highest BCUT2D eigenvalue weighted by atomic mass is 14.5. The number of hydrogen-bond acceptors (Lipinski definition) is 1. The summed E-state index contributed by atoms with van der Waals surface area (Å²) in [5, 5.41) is 0. The van der Waals surface area contributed by atoms with Gasteiger partial charge in [-0.05, 0) is 46.6 Å². The van der Waals surface area contributed by atoms with Crippen molar-refractivity contribution >= 4 is 0 Å². The molecule has 0 aliphatic heterocycles. The molecule has 112 valence electrons. The average molecular weight is 281 g/mol. The van der Waals surface area contributed by atoms with Crippen molar-refractivity contribution in [3.8, 4) is 11.1 Å². The van der Waals surface area contributed by atoms with Crippen LogP contribution >= 0.6 is 0 Å². The molecule has 0 radical (unpaired) electrons. The van der Waals surface area contributed by atoms with Crippen LogP contribution in [0.4, 0.5) is 0 Å². The molecule has 0 amide bonds. The number of hydrogen-bond donors (Lipinski definition) is 1. The van der Waals surface area contributed by atoms with Gasteiger partial charge in [-0.1, -0.05) is 76.2 Å². The van der Waals surface area contributed by atoms with E-state index in [1.165, 1.54) is 22.3 Å². The fraction of sp³-hybridized carbons (Fsp3) is 0.400. The lowest BCUT2D eigenvalue weighted by atomic mass is 9.86. The van der Waals surface area contributed by atoms with Crippen molar-refractivity contribution in [2.45, 2.75) is 45.4 Å². The van der Waals surface area contributed by atoms with E-state index in [2.05, 4.69) is 76.2 Å². The van der Waals surface area contributed by atoms with Crippen molar-refractivity contribution in [1.29, 1.82) is 0 Å². The molecule has 0 fully saturated rings. The predicted octanol–water partition coefficient (Wildman–Crippen LogP) is 5.10. The monoisotopic (exact) mass is 281 g/mol. The van der Waals surface area contributed by atoms with Gasteiger partial charge in [0.25, 0.3) is 0 Å². The van der Waals surface area contributed by atoms with Crippen LogP contribution in [0.1, 0.15) is 51.2 Å². The first-order chi connectivity index (χ1) is 9.91. The topological polar surface area (TPSA) is 26.0 Å². The Morgan fingerprint density at radius 1 is 0.857 bits per heavy atom. The van der Waals surface area contributed by atoms with Crippen molar-refractivity contribution in [2.24, 2.45) is 5.73 Å². The van der Waals surface area contributed by atoms with Gasteiger partial charge in [0.1, 0.15) is 0 Å². The van der Waals surface area contributed by atoms with Crippen molar-refractivity contribution < 1.29 is 0 Å². The summed E-state index contributed by atoms with van der Waals surface area (Å²) in [6, 6.07) is 17.8. The van der Waals surface area contributed by atoms with Crippen LogP contribution in [0, 0.1) is 0 Å². The van der Waals surface area contributed by atoms with Gasteiger partial charge in [0, 0.05) is 0 Å².